The molecule has 26 heavy (non-hydrogen) atoms. The molecule has 0 aliphatic rings. The van der Waals surface area contributed by atoms with Crippen molar-refractivity contribution in [2.45, 2.75) is 0 Å². The van der Waals surface area contributed by atoms with Crippen LogP contribution in [0.2, 0.25) is 0 Å². The van der Waals surface area contributed by atoms with E-state index in [1.807, 2.05) is 0 Å². The molecule has 8 nitrogen and oxygen atoms in total. The third kappa shape index (κ3) is 7.53. The Balaban J connectivity index is 0.000000321. The average Bonchev–Trinajstić information content (AvgIpc) is 2.65. The van der Waals surface area contributed by atoms with Crippen LogP contribution in [0.1, 0.15) is 0 Å². The van der Waals surface area contributed by atoms with Crippen LogP contribution in [-0.4, -0.2) is 51.7 Å². The molecule has 0 radical (unpaired) electrons. The zero-order valence-electron chi connectivity index (χ0n) is 14.0. The Hall–Kier alpha value is -1.93. The van der Waals surface area contributed by atoms with Gasteiger partial charge in [-0.25, -0.2) is 4.57 Å². The summed E-state index contributed by atoms with van der Waals surface area (Å²) in [6, 6.07) is 16.7. The van der Waals surface area contributed by atoms with E-state index in [-0.39, 0.29) is 11.5 Å². The van der Waals surface area contributed by atoms with Crippen molar-refractivity contribution in [3.8, 4) is 11.5 Å². The van der Waals surface area contributed by atoms with E-state index in [1.165, 1.54) is 0 Å². The average molecular weight is 386 g/mol. The van der Waals surface area contributed by atoms with Crippen molar-refractivity contribution < 1.29 is 38.9 Å². The number of aliphatic hydroxyl groups excluding tert-OH is 4. The molecule has 0 aromatic heterocycles. The summed E-state index contributed by atoms with van der Waals surface area (Å²) < 4.78 is 21.5. The van der Waals surface area contributed by atoms with Gasteiger partial charge < -0.3 is 29.5 Å². The van der Waals surface area contributed by atoms with Crippen LogP contribution in [0, 0.1) is 5.41 Å². The Kier molecular flexibility index (Phi) is 9.29. The Morgan fingerprint density at radius 3 is 1.23 bits per heavy atom. The SMILES string of the molecule is O=P(O)(Oc1ccccc1)Oc1ccccc1.OCC(CO)(CO)CO. The fraction of sp³-hybridized carbons (Fsp3) is 0.294. The maximum Gasteiger partial charge on any atom is 0.584 e. The first kappa shape index (κ1) is 22.1. The minimum atomic E-state index is -4.14. The van der Waals surface area contributed by atoms with Crippen LogP contribution in [0.5, 0.6) is 11.5 Å². The molecule has 0 saturated carbocycles. The summed E-state index contributed by atoms with van der Waals surface area (Å²) in [6.45, 7) is -1.62. The zero-order valence-corrected chi connectivity index (χ0v) is 14.9. The highest BCUT2D eigenvalue weighted by molar-refractivity contribution is 7.48. The number of para-hydroxylation sites is 2. The largest absolute Gasteiger partial charge is 0.584 e. The van der Waals surface area contributed by atoms with Crippen molar-refractivity contribution in [1.29, 1.82) is 0 Å². The van der Waals surface area contributed by atoms with Gasteiger partial charge in [0, 0.05) is 0 Å². The molecular weight excluding hydrogens is 363 g/mol. The number of benzene rings is 2. The number of phosphoric acid groups is 1. The topological polar surface area (TPSA) is 137 Å². The Morgan fingerprint density at radius 2 is 1.00 bits per heavy atom. The minimum absolute atomic E-state index is 0.286. The molecule has 2 aromatic rings. The van der Waals surface area contributed by atoms with Crippen LogP contribution < -0.4 is 9.05 Å². The van der Waals surface area contributed by atoms with E-state index in [4.69, 9.17) is 29.5 Å². The second-order valence-corrected chi connectivity index (χ2v) is 6.71. The van der Waals surface area contributed by atoms with E-state index in [2.05, 4.69) is 0 Å². The van der Waals surface area contributed by atoms with Crippen LogP contribution in [0.4, 0.5) is 0 Å². The van der Waals surface area contributed by atoms with E-state index >= 15 is 0 Å². The maximum absolute atomic E-state index is 11.7. The molecule has 5 N–H and O–H groups in total. The van der Waals surface area contributed by atoms with Crippen molar-refractivity contribution in [3.63, 3.8) is 0 Å². The molecule has 2 rings (SSSR count). The number of hydrogen-bond donors (Lipinski definition) is 5. The summed E-state index contributed by atoms with van der Waals surface area (Å²) >= 11 is 0. The van der Waals surface area contributed by atoms with Crippen LogP contribution in [0.25, 0.3) is 0 Å². The van der Waals surface area contributed by atoms with Gasteiger partial charge in [0.1, 0.15) is 11.5 Å². The van der Waals surface area contributed by atoms with Gasteiger partial charge in [-0.15, -0.1) is 0 Å². The van der Waals surface area contributed by atoms with Gasteiger partial charge in [0.15, 0.2) is 0 Å². The summed E-state index contributed by atoms with van der Waals surface area (Å²) in [7, 11) is -4.14. The highest BCUT2D eigenvalue weighted by Gasteiger charge is 2.26. The van der Waals surface area contributed by atoms with E-state index in [1.54, 1.807) is 60.7 Å². The van der Waals surface area contributed by atoms with Gasteiger partial charge in [-0.1, -0.05) is 36.4 Å². The fourth-order valence-corrected chi connectivity index (χ4v) is 2.36. The molecule has 0 amide bonds. The molecule has 0 saturated heterocycles. The second kappa shape index (κ2) is 10.9. The van der Waals surface area contributed by atoms with Crippen molar-refractivity contribution in [1.82, 2.24) is 0 Å². The van der Waals surface area contributed by atoms with Crippen molar-refractivity contribution >= 4 is 7.82 Å². The summed E-state index contributed by atoms with van der Waals surface area (Å²) in [5.74, 6) is 0.573. The highest BCUT2D eigenvalue weighted by Crippen LogP contribution is 2.44. The highest BCUT2D eigenvalue weighted by atomic mass is 31.2. The number of phosphoric ester groups is 1. The molecule has 0 spiro atoms. The molecular formula is C17H23O8P. The van der Waals surface area contributed by atoms with Gasteiger partial charge in [0.25, 0.3) is 0 Å². The molecule has 0 aliphatic heterocycles. The number of aliphatic hydroxyl groups is 4. The van der Waals surface area contributed by atoms with Crippen LogP contribution in [-0.2, 0) is 4.57 Å². The normalized spacial score (nSPS) is 11.3. The predicted octanol–water partition coefficient (Wildman–Crippen LogP) is 1.19. The summed E-state index contributed by atoms with van der Waals surface area (Å²) in [4.78, 5) is 9.53. The minimum Gasteiger partial charge on any atom is -0.396 e. The molecule has 0 bridgehead atoms. The lowest BCUT2D eigenvalue weighted by Crippen LogP contribution is -2.37. The lowest BCUT2D eigenvalue weighted by molar-refractivity contribution is -0.0328. The maximum atomic E-state index is 11.7. The first-order valence-corrected chi connectivity index (χ1v) is 9.15. The number of rotatable bonds is 8. The predicted molar refractivity (Wildman–Crippen MR) is 94.7 cm³/mol. The molecule has 144 valence electrons. The lowest BCUT2D eigenvalue weighted by Gasteiger charge is -2.23. The quantitative estimate of drug-likeness (QED) is 0.427. The fourth-order valence-electron chi connectivity index (χ4n) is 1.55. The molecule has 0 atom stereocenters. The van der Waals surface area contributed by atoms with Crippen molar-refractivity contribution in [2.24, 2.45) is 5.41 Å². The summed E-state index contributed by atoms with van der Waals surface area (Å²) in [5.41, 5.74) is -1.11. The van der Waals surface area contributed by atoms with Gasteiger partial charge in [0.2, 0.25) is 0 Å². The van der Waals surface area contributed by atoms with E-state index < -0.39 is 39.7 Å². The first-order chi connectivity index (χ1) is 12.4. The third-order valence-electron chi connectivity index (χ3n) is 3.27. The van der Waals surface area contributed by atoms with Crippen LogP contribution in [0.15, 0.2) is 60.7 Å². The van der Waals surface area contributed by atoms with Gasteiger partial charge in [-0.2, -0.15) is 0 Å². The molecule has 0 aliphatic carbocycles. The standard InChI is InChI=1S/C12H11O4P.C5H12O4/c13-17(14,15-11-7-3-1-4-8-11)16-12-9-5-2-6-10-12;6-1-5(2-7,3-8)4-9/h1-10H,(H,13,14);6-9H,1-4H2. The van der Waals surface area contributed by atoms with Gasteiger partial charge in [0.05, 0.1) is 31.8 Å². The molecule has 0 unspecified atom stereocenters. The monoisotopic (exact) mass is 386 g/mol. The number of hydrogen-bond acceptors (Lipinski definition) is 7. The summed E-state index contributed by atoms with van der Waals surface area (Å²) in [6.07, 6.45) is 0. The zero-order chi connectivity index (χ0) is 19.5. The van der Waals surface area contributed by atoms with Crippen LogP contribution >= 0.6 is 7.82 Å². The van der Waals surface area contributed by atoms with E-state index in [0.717, 1.165) is 0 Å². The molecule has 9 heteroatoms. The van der Waals surface area contributed by atoms with E-state index in [9.17, 15) is 9.46 Å². The Bertz CT molecular complexity index is 598. The Morgan fingerprint density at radius 1 is 0.692 bits per heavy atom. The van der Waals surface area contributed by atoms with Gasteiger partial charge in [-0.3, -0.25) is 4.89 Å². The Labute approximate surface area is 151 Å². The van der Waals surface area contributed by atoms with Gasteiger partial charge in [-0.05, 0) is 24.3 Å². The molecule has 0 fully saturated rings. The van der Waals surface area contributed by atoms with Gasteiger partial charge >= 0.3 is 7.82 Å². The second-order valence-electron chi connectivity index (χ2n) is 5.41. The molecule has 0 heterocycles. The van der Waals surface area contributed by atoms with E-state index in [0.29, 0.717) is 0 Å². The lowest BCUT2D eigenvalue weighted by atomic mass is 9.93. The molecule has 2 aromatic carbocycles. The third-order valence-corrected chi connectivity index (χ3v) is 4.15. The van der Waals surface area contributed by atoms with Crippen molar-refractivity contribution in [3.05, 3.63) is 60.7 Å². The first-order valence-electron chi connectivity index (χ1n) is 7.66. The van der Waals surface area contributed by atoms with Crippen molar-refractivity contribution in [2.75, 3.05) is 26.4 Å². The smallest absolute Gasteiger partial charge is 0.396 e. The van der Waals surface area contributed by atoms with Crippen LogP contribution in [0.3, 0.4) is 0 Å². The summed E-state index contributed by atoms with van der Waals surface area (Å²) in [5, 5.41) is 34.0.